The van der Waals surface area contributed by atoms with Crippen LogP contribution in [0.1, 0.15) is 20.8 Å². The van der Waals surface area contributed by atoms with Crippen molar-refractivity contribution in [3.8, 4) is 0 Å². The van der Waals surface area contributed by atoms with Crippen LogP contribution < -0.4 is 0 Å². The van der Waals surface area contributed by atoms with Gasteiger partial charge in [0, 0.05) is 36.1 Å². The van der Waals surface area contributed by atoms with Crippen molar-refractivity contribution < 1.29 is 9.53 Å². The van der Waals surface area contributed by atoms with Crippen molar-refractivity contribution >= 4 is 46.0 Å². The first-order valence-corrected chi connectivity index (χ1v) is 9.05. The number of thioether (sulfide) groups is 1. The van der Waals surface area contributed by atoms with Crippen LogP contribution in [-0.2, 0) is 4.74 Å². The van der Waals surface area contributed by atoms with Gasteiger partial charge >= 0.3 is 6.09 Å². The second kappa shape index (κ2) is 7.73. The predicted octanol–water partition coefficient (Wildman–Crippen LogP) is 4.27. The van der Waals surface area contributed by atoms with Crippen LogP contribution in [0.5, 0.6) is 0 Å². The number of nitrogens with zero attached hydrogens (tertiary/aromatic N) is 2. The Morgan fingerprint density at radius 3 is 2.17 bits per heavy atom. The van der Waals surface area contributed by atoms with Gasteiger partial charge in [0.25, 0.3) is 0 Å². The molecule has 1 aliphatic heterocycles. The van der Waals surface area contributed by atoms with Gasteiger partial charge in [-0.15, -0.1) is 0 Å². The van der Waals surface area contributed by atoms with Gasteiger partial charge < -0.3 is 14.5 Å². The van der Waals surface area contributed by atoms with Crippen molar-refractivity contribution in [3.05, 3.63) is 29.3 Å². The van der Waals surface area contributed by atoms with Crippen LogP contribution in [0, 0.1) is 0 Å². The summed E-state index contributed by atoms with van der Waals surface area (Å²) in [5, 5.41) is 0.714. The maximum Gasteiger partial charge on any atom is 0.410 e. The van der Waals surface area contributed by atoms with Crippen molar-refractivity contribution in [2.75, 3.05) is 26.2 Å². The maximum absolute atomic E-state index is 12.0. The molecule has 0 saturated carbocycles. The molecule has 1 heterocycles. The fourth-order valence-electron chi connectivity index (χ4n) is 2.07. The Hall–Kier alpha value is -0.980. The summed E-state index contributed by atoms with van der Waals surface area (Å²) in [4.78, 5) is 17.0. The van der Waals surface area contributed by atoms with E-state index in [2.05, 4.69) is 4.90 Å². The molecule has 0 aromatic heterocycles. The molecular formula is C16H21ClN2O2S2. The van der Waals surface area contributed by atoms with E-state index in [4.69, 9.17) is 28.6 Å². The zero-order valence-electron chi connectivity index (χ0n) is 13.5. The number of benzene rings is 1. The smallest absolute Gasteiger partial charge is 0.410 e. The minimum atomic E-state index is -0.464. The lowest BCUT2D eigenvalue weighted by molar-refractivity contribution is 0.0189. The lowest BCUT2D eigenvalue weighted by Gasteiger charge is -2.36. The van der Waals surface area contributed by atoms with Crippen LogP contribution in [0.4, 0.5) is 4.79 Å². The average molecular weight is 373 g/mol. The second-order valence-electron chi connectivity index (χ2n) is 6.28. The lowest BCUT2D eigenvalue weighted by atomic mass is 10.2. The number of halogens is 1. The van der Waals surface area contributed by atoms with E-state index in [1.807, 2.05) is 45.0 Å². The van der Waals surface area contributed by atoms with Gasteiger partial charge in [0.15, 0.2) is 0 Å². The molecule has 23 heavy (non-hydrogen) atoms. The van der Waals surface area contributed by atoms with E-state index in [9.17, 15) is 4.79 Å². The molecule has 0 radical (unpaired) electrons. The largest absolute Gasteiger partial charge is 0.444 e. The van der Waals surface area contributed by atoms with E-state index >= 15 is 0 Å². The van der Waals surface area contributed by atoms with E-state index in [1.54, 1.807) is 16.7 Å². The Labute approximate surface area is 152 Å². The highest BCUT2D eigenvalue weighted by Gasteiger charge is 2.26. The number of carbonyl (C=O) groups is 1. The van der Waals surface area contributed by atoms with Crippen molar-refractivity contribution in [2.24, 2.45) is 0 Å². The molecule has 0 atom stereocenters. The number of thiocarbonyl (C=S) groups is 1. The molecule has 126 valence electrons. The van der Waals surface area contributed by atoms with E-state index in [0.29, 0.717) is 18.1 Å². The first-order chi connectivity index (χ1) is 10.7. The molecule has 0 N–H and O–H groups in total. The van der Waals surface area contributed by atoms with Crippen LogP contribution in [0.15, 0.2) is 29.2 Å². The van der Waals surface area contributed by atoms with Gasteiger partial charge in [-0.1, -0.05) is 35.6 Å². The highest BCUT2D eigenvalue weighted by molar-refractivity contribution is 8.22. The number of piperazine rings is 1. The zero-order chi connectivity index (χ0) is 17.0. The van der Waals surface area contributed by atoms with Crippen LogP contribution in [0.2, 0.25) is 5.02 Å². The fourth-order valence-corrected chi connectivity index (χ4v) is 3.45. The third kappa shape index (κ3) is 5.86. The summed E-state index contributed by atoms with van der Waals surface area (Å²) in [6, 6.07) is 7.62. The summed E-state index contributed by atoms with van der Waals surface area (Å²) >= 11 is 12.9. The van der Waals surface area contributed by atoms with Gasteiger partial charge in [0.2, 0.25) is 0 Å². The summed E-state index contributed by atoms with van der Waals surface area (Å²) in [6.07, 6.45) is -0.256. The molecule has 7 heteroatoms. The van der Waals surface area contributed by atoms with Gasteiger partial charge in [-0.2, -0.15) is 0 Å². The normalized spacial score (nSPS) is 15.5. The molecule has 2 rings (SSSR count). The van der Waals surface area contributed by atoms with Crippen LogP contribution in [0.3, 0.4) is 0 Å². The molecule has 1 aliphatic rings. The number of amides is 1. The maximum atomic E-state index is 12.0. The average Bonchev–Trinajstić information content (AvgIpc) is 2.48. The SMILES string of the molecule is CC(C)(C)OC(=O)N1CCN(C(=S)Sc2ccc(Cl)cc2)CC1. The molecule has 4 nitrogen and oxygen atoms in total. The number of hydrogen-bond donors (Lipinski definition) is 0. The predicted molar refractivity (Wildman–Crippen MR) is 99.3 cm³/mol. The molecule has 0 unspecified atom stereocenters. The first-order valence-electron chi connectivity index (χ1n) is 7.45. The number of ether oxygens (including phenoxy) is 1. The van der Waals surface area contributed by atoms with Crippen LogP contribution in [-0.4, -0.2) is 52.0 Å². The number of carbonyl (C=O) groups excluding carboxylic acids is 1. The summed E-state index contributed by atoms with van der Waals surface area (Å²) < 4.78 is 6.21. The third-order valence-corrected chi connectivity index (χ3v) is 4.91. The number of hydrogen-bond acceptors (Lipinski definition) is 4. The first kappa shape index (κ1) is 18.4. The molecule has 1 fully saturated rings. The molecule has 0 spiro atoms. The summed E-state index contributed by atoms with van der Waals surface area (Å²) in [5.74, 6) is 0. The Bertz CT molecular complexity index is 564. The van der Waals surface area contributed by atoms with Crippen molar-refractivity contribution in [1.29, 1.82) is 0 Å². The third-order valence-electron chi connectivity index (χ3n) is 3.21. The van der Waals surface area contributed by atoms with Gasteiger partial charge in [-0.25, -0.2) is 4.79 Å². The van der Waals surface area contributed by atoms with Gasteiger partial charge in [-0.05, 0) is 45.0 Å². The van der Waals surface area contributed by atoms with Crippen LogP contribution in [0.25, 0.3) is 0 Å². The Morgan fingerprint density at radius 1 is 1.13 bits per heavy atom. The van der Waals surface area contributed by atoms with Crippen molar-refractivity contribution in [2.45, 2.75) is 31.3 Å². The van der Waals surface area contributed by atoms with E-state index in [-0.39, 0.29) is 6.09 Å². The van der Waals surface area contributed by atoms with Crippen molar-refractivity contribution in [3.63, 3.8) is 0 Å². The van der Waals surface area contributed by atoms with Gasteiger partial charge in [0.05, 0.1) is 0 Å². The highest BCUT2D eigenvalue weighted by Crippen LogP contribution is 2.24. The Balaban J connectivity index is 1.83. The second-order valence-corrected chi connectivity index (χ2v) is 8.42. The molecular weight excluding hydrogens is 352 g/mol. The molecule has 1 saturated heterocycles. The molecule has 1 aromatic carbocycles. The molecule has 1 aromatic rings. The lowest BCUT2D eigenvalue weighted by Crippen LogP contribution is -2.50. The molecule has 0 aliphatic carbocycles. The zero-order valence-corrected chi connectivity index (χ0v) is 15.9. The summed E-state index contributed by atoms with van der Waals surface area (Å²) in [7, 11) is 0. The Morgan fingerprint density at radius 2 is 1.65 bits per heavy atom. The van der Waals surface area contributed by atoms with Crippen molar-refractivity contribution in [1.82, 2.24) is 9.80 Å². The topological polar surface area (TPSA) is 32.8 Å². The fraction of sp³-hybridized carbons (Fsp3) is 0.500. The minimum absolute atomic E-state index is 0.256. The monoisotopic (exact) mass is 372 g/mol. The molecule has 1 amide bonds. The highest BCUT2D eigenvalue weighted by atomic mass is 35.5. The minimum Gasteiger partial charge on any atom is -0.444 e. The van der Waals surface area contributed by atoms with Gasteiger partial charge in [-0.3, -0.25) is 0 Å². The Kier molecular flexibility index (Phi) is 6.17. The van der Waals surface area contributed by atoms with E-state index in [1.165, 1.54) is 0 Å². The summed E-state index contributed by atoms with van der Waals surface area (Å²) in [5.41, 5.74) is -0.464. The van der Waals surface area contributed by atoms with Gasteiger partial charge in [0.1, 0.15) is 9.92 Å². The standard InChI is InChI=1S/C16H21ClN2O2S2/c1-16(2,3)21-14(20)18-8-10-19(11-9-18)15(22)23-13-6-4-12(17)5-7-13/h4-7H,8-11H2,1-3H3. The van der Waals surface area contributed by atoms with Crippen LogP contribution >= 0.6 is 35.6 Å². The quantitative estimate of drug-likeness (QED) is 0.543. The molecule has 0 bridgehead atoms. The summed E-state index contributed by atoms with van der Waals surface area (Å²) in [6.45, 7) is 8.31. The van der Waals surface area contributed by atoms with E-state index < -0.39 is 5.60 Å². The van der Waals surface area contributed by atoms with E-state index in [0.717, 1.165) is 22.3 Å². The number of rotatable bonds is 1.